The van der Waals surface area contributed by atoms with E-state index in [1.54, 1.807) is 21.1 Å². The molecule has 0 fully saturated rings. The first-order valence-corrected chi connectivity index (χ1v) is 18.7. The number of aliphatic carboxylic acids is 1. The highest BCUT2D eigenvalue weighted by molar-refractivity contribution is 5.70. The van der Waals surface area contributed by atoms with Crippen LogP contribution in [0.4, 0.5) is 0 Å². The number of carboxylic acids is 1. The minimum atomic E-state index is -1.14. The fourth-order valence-electron chi connectivity index (χ4n) is 5.03. The molecule has 0 aromatic heterocycles. The van der Waals surface area contributed by atoms with Gasteiger partial charge in [0.2, 0.25) is 0 Å². The topological polar surface area (TPSA) is 102 Å². The van der Waals surface area contributed by atoms with Gasteiger partial charge in [0.25, 0.3) is 0 Å². The number of esters is 2. The highest BCUT2D eigenvalue weighted by Crippen LogP contribution is 2.11. The van der Waals surface area contributed by atoms with Gasteiger partial charge in [-0.1, -0.05) is 101 Å². The lowest BCUT2D eigenvalue weighted by Gasteiger charge is -2.34. The summed E-state index contributed by atoms with van der Waals surface area (Å²) in [6.07, 6.45) is 34.3. The summed E-state index contributed by atoms with van der Waals surface area (Å²) >= 11 is 0. The van der Waals surface area contributed by atoms with Gasteiger partial charge in [-0.25, -0.2) is 0 Å². The molecule has 0 spiro atoms. The van der Waals surface area contributed by atoms with Crippen LogP contribution in [0.15, 0.2) is 48.6 Å². The maximum atomic E-state index is 12.6. The van der Waals surface area contributed by atoms with Crippen molar-refractivity contribution in [3.8, 4) is 0 Å². The SMILES string of the molecule is CC/C=C/C/C=C/C/C=C/CCCC(=O)OCC(COCCC(C(=O)[O-])[N+](C)(C)C)OC(=O)CCCCC/C=C/CCCCCCCC. The Kier molecular flexibility index (Phi) is 29.8. The second-order valence-electron chi connectivity index (χ2n) is 13.4. The van der Waals surface area contributed by atoms with Crippen LogP contribution in [-0.4, -0.2) is 75.5 Å². The number of rotatable bonds is 32. The Morgan fingerprint density at radius 2 is 1.19 bits per heavy atom. The molecule has 48 heavy (non-hydrogen) atoms. The van der Waals surface area contributed by atoms with E-state index in [9.17, 15) is 19.5 Å². The number of hydrogen-bond donors (Lipinski definition) is 0. The molecule has 0 radical (unpaired) electrons. The quantitative estimate of drug-likeness (QED) is 0.0309. The van der Waals surface area contributed by atoms with Crippen LogP contribution in [0.25, 0.3) is 0 Å². The van der Waals surface area contributed by atoms with Crippen LogP contribution in [0.1, 0.15) is 136 Å². The molecule has 0 rings (SSSR count). The highest BCUT2D eigenvalue weighted by Gasteiger charge is 2.25. The lowest BCUT2D eigenvalue weighted by atomic mass is 10.1. The van der Waals surface area contributed by atoms with Crippen molar-refractivity contribution >= 4 is 17.9 Å². The number of ether oxygens (including phenoxy) is 3. The van der Waals surface area contributed by atoms with Crippen molar-refractivity contribution in [1.82, 2.24) is 0 Å². The van der Waals surface area contributed by atoms with Crippen molar-refractivity contribution in [2.45, 2.75) is 148 Å². The molecule has 2 atom stereocenters. The van der Waals surface area contributed by atoms with Crippen LogP contribution >= 0.6 is 0 Å². The predicted octanol–water partition coefficient (Wildman–Crippen LogP) is 7.96. The number of likely N-dealkylation sites (N-methyl/N-ethyl adjacent to an activating group) is 1. The summed E-state index contributed by atoms with van der Waals surface area (Å²) < 4.78 is 17.0. The molecule has 0 aliphatic heterocycles. The maximum Gasteiger partial charge on any atom is 0.306 e. The predicted molar refractivity (Wildman–Crippen MR) is 194 cm³/mol. The minimum Gasteiger partial charge on any atom is -0.544 e. The second kappa shape index (κ2) is 31.6. The van der Waals surface area contributed by atoms with Crippen molar-refractivity contribution < 1.29 is 38.2 Å². The molecular formula is C40H69NO7. The second-order valence-corrected chi connectivity index (χ2v) is 13.4. The summed E-state index contributed by atoms with van der Waals surface area (Å²) in [4.78, 5) is 36.6. The van der Waals surface area contributed by atoms with Crippen LogP contribution < -0.4 is 5.11 Å². The Hall–Kier alpha value is -2.71. The Labute approximate surface area is 293 Å². The van der Waals surface area contributed by atoms with Crippen LogP contribution in [-0.2, 0) is 28.6 Å². The highest BCUT2D eigenvalue weighted by atomic mass is 16.6. The van der Waals surface area contributed by atoms with Gasteiger partial charge < -0.3 is 28.6 Å². The fourth-order valence-corrected chi connectivity index (χ4v) is 5.03. The van der Waals surface area contributed by atoms with E-state index < -0.39 is 18.1 Å². The van der Waals surface area contributed by atoms with Crippen LogP contribution in [0.2, 0.25) is 0 Å². The van der Waals surface area contributed by atoms with Crippen molar-refractivity contribution in [1.29, 1.82) is 0 Å². The van der Waals surface area contributed by atoms with E-state index in [0.29, 0.717) is 6.42 Å². The lowest BCUT2D eigenvalue weighted by Crippen LogP contribution is -2.55. The van der Waals surface area contributed by atoms with Crippen LogP contribution in [0.5, 0.6) is 0 Å². The van der Waals surface area contributed by atoms with Gasteiger partial charge in [0.05, 0.1) is 40.3 Å². The van der Waals surface area contributed by atoms with E-state index in [4.69, 9.17) is 14.2 Å². The molecular weight excluding hydrogens is 606 g/mol. The summed E-state index contributed by atoms with van der Waals surface area (Å²) in [5.41, 5.74) is 0. The van der Waals surface area contributed by atoms with Gasteiger partial charge >= 0.3 is 11.9 Å². The third-order valence-electron chi connectivity index (χ3n) is 7.95. The lowest BCUT2D eigenvalue weighted by molar-refractivity contribution is -0.889. The van der Waals surface area contributed by atoms with Gasteiger partial charge in [0.15, 0.2) is 6.10 Å². The van der Waals surface area contributed by atoms with Gasteiger partial charge in [-0.15, -0.1) is 0 Å². The van der Waals surface area contributed by atoms with Crippen molar-refractivity contribution in [2.75, 3.05) is 41.0 Å². The number of allylic oxidation sites excluding steroid dienone is 8. The first kappa shape index (κ1) is 45.3. The maximum absolute atomic E-state index is 12.6. The minimum absolute atomic E-state index is 0.0177. The molecule has 0 aromatic carbocycles. The smallest absolute Gasteiger partial charge is 0.306 e. The third kappa shape index (κ3) is 29.4. The van der Waals surface area contributed by atoms with E-state index in [0.717, 1.165) is 57.8 Å². The Balaban J connectivity index is 4.54. The summed E-state index contributed by atoms with van der Waals surface area (Å²) in [6.45, 7) is 4.43. The molecule has 8 heteroatoms. The van der Waals surface area contributed by atoms with Crippen molar-refractivity contribution in [2.24, 2.45) is 0 Å². The van der Waals surface area contributed by atoms with Crippen molar-refractivity contribution in [3.63, 3.8) is 0 Å². The Bertz CT molecular complexity index is 932. The van der Waals surface area contributed by atoms with Gasteiger partial charge in [-0.3, -0.25) is 9.59 Å². The third-order valence-corrected chi connectivity index (χ3v) is 7.95. The van der Waals surface area contributed by atoms with Gasteiger partial charge in [-0.2, -0.15) is 0 Å². The van der Waals surface area contributed by atoms with E-state index in [1.807, 2.05) is 0 Å². The van der Waals surface area contributed by atoms with E-state index in [-0.39, 0.29) is 55.5 Å². The summed E-state index contributed by atoms with van der Waals surface area (Å²) in [6, 6.07) is -0.734. The number of hydrogen-bond acceptors (Lipinski definition) is 7. The molecule has 276 valence electrons. The summed E-state index contributed by atoms with van der Waals surface area (Å²) in [5, 5.41) is 11.6. The Morgan fingerprint density at radius 1 is 0.646 bits per heavy atom. The number of carbonyl (C=O) groups is 3. The standard InChI is InChI=1S/C40H69NO7/c1-6-8-10-12-14-16-18-19-21-23-25-27-29-31-39(43)48-36(34-46-33-32-37(40(44)45)41(3,4)5)35-47-38(42)30-28-26-24-22-20-17-15-13-11-9-7-2/h9,11,15,17,19,21-22,24,36-37H,6-8,10,12-14,16,18,20,23,25-35H2,1-5H3/b11-9+,17-15+,21-19+,24-22+. The molecule has 0 N–H and O–H groups in total. The Morgan fingerprint density at radius 3 is 1.81 bits per heavy atom. The van der Waals surface area contributed by atoms with Crippen LogP contribution in [0, 0.1) is 0 Å². The molecule has 0 aliphatic rings. The van der Waals surface area contributed by atoms with Gasteiger partial charge in [-0.05, 0) is 64.2 Å². The number of carbonyl (C=O) groups excluding carboxylic acids is 3. The average molecular weight is 676 g/mol. The van der Waals surface area contributed by atoms with Gasteiger partial charge in [0, 0.05) is 19.3 Å². The zero-order chi connectivity index (χ0) is 35.7. The fraction of sp³-hybridized carbons (Fsp3) is 0.725. The molecule has 0 aliphatic carbocycles. The molecule has 2 unspecified atom stereocenters. The summed E-state index contributed by atoms with van der Waals surface area (Å²) in [7, 11) is 5.37. The first-order chi connectivity index (χ1) is 23.1. The van der Waals surface area contributed by atoms with E-state index in [2.05, 4.69) is 62.5 Å². The monoisotopic (exact) mass is 676 g/mol. The zero-order valence-corrected chi connectivity index (χ0v) is 31.1. The van der Waals surface area contributed by atoms with Crippen LogP contribution in [0.3, 0.4) is 0 Å². The van der Waals surface area contributed by atoms with E-state index in [1.165, 1.54) is 38.5 Å². The largest absolute Gasteiger partial charge is 0.544 e. The number of nitrogens with zero attached hydrogens (tertiary/aromatic N) is 1. The molecule has 0 saturated carbocycles. The number of unbranched alkanes of at least 4 members (excludes halogenated alkanes) is 10. The molecule has 0 aromatic rings. The summed E-state index contributed by atoms with van der Waals surface area (Å²) in [5.74, 6) is -1.83. The molecule has 0 saturated heterocycles. The van der Waals surface area contributed by atoms with Gasteiger partial charge in [0.1, 0.15) is 12.6 Å². The molecule has 0 heterocycles. The number of quaternary nitrogens is 1. The zero-order valence-electron chi connectivity index (χ0n) is 31.1. The molecule has 0 bridgehead atoms. The average Bonchev–Trinajstić information content (AvgIpc) is 3.03. The normalized spacial score (nSPS) is 13.6. The van der Waals surface area contributed by atoms with E-state index >= 15 is 0 Å². The molecule has 8 nitrogen and oxygen atoms in total. The number of carboxylic acid groups (broad SMARTS) is 1. The van der Waals surface area contributed by atoms with Crippen molar-refractivity contribution in [3.05, 3.63) is 48.6 Å². The molecule has 0 amide bonds. The first-order valence-electron chi connectivity index (χ1n) is 18.7.